The fraction of sp³-hybridized carbons (Fsp3) is 0.222. The van der Waals surface area contributed by atoms with E-state index in [-0.39, 0.29) is 5.96 Å². The monoisotopic (exact) mass is 240 g/mol. The number of hydrazine groups is 2. The van der Waals surface area contributed by atoms with Gasteiger partial charge in [-0.15, -0.1) is 0 Å². The number of nitrogens with zero attached hydrogens (tertiary/aromatic N) is 2. The predicted octanol–water partition coefficient (Wildman–Crippen LogP) is -0.897. The van der Waals surface area contributed by atoms with Crippen LogP contribution in [0.2, 0.25) is 0 Å². The minimum atomic E-state index is -1.06. The number of aliphatic carboxylic acids is 1. The largest absolute Gasteiger partial charge is 0.480 e. The van der Waals surface area contributed by atoms with Gasteiger partial charge in [-0.2, -0.15) is 0 Å². The summed E-state index contributed by atoms with van der Waals surface area (Å²) in [7, 11) is 0. The predicted molar refractivity (Wildman–Crippen MR) is 66.0 cm³/mol. The van der Waals surface area contributed by atoms with Crippen LogP contribution in [-0.2, 0) is 4.79 Å². The number of aliphatic imine (C=N–C) groups is 2. The summed E-state index contributed by atoms with van der Waals surface area (Å²) >= 11 is 0. The second-order valence-corrected chi connectivity index (χ2v) is 2.64. The maximum atomic E-state index is 10.3. The van der Waals surface area contributed by atoms with Gasteiger partial charge in [0.05, 0.1) is 0 Å². The van der Waals surface area contributed by atoms with Crippen LogP contribution in [0.3, 0.4) is 0 Å². The van der Waals surface area contributed by atoms with Crippen LogP contribution in [0.1, 0.15) is 6.92 Å². The Bertz CT molecular complexity index is 347. The number of nitrogens with one attached hydrogen (secondary N) is 3. The van der Waals surface area contributed by atoms with Gasteiger partial charge in [0.15, 0.2) is 0 Å². The second-order valence-electron chi connectivity index (χ2n) is 2.64. The number of carboxylic acid groups (broad SMARTS) is 1. The van der Waals surface area contributed by atoms with E-state index in [2.05, 4.69) is 32.8 Å². The molecule has 0 fully saturated rings. The molecule has 0 aliphatic heterocycles. The van der Waals surface area contributed by atoms with Crippen molar-refractivity contribution in [2.24, 2.45) is 15.8 Å². The second kappa shape index (κ2) is 8.92. The molecule has 0 radical (unpaired) electrons. The summed E-state index contributed by atoms with van der Waals surface area (Å²) in [6, 6.07) is 0. The van der Waals surface area contributed by atoms with Crippen LogP contribution >= 0.6 is 0 Å². The maximum absolute atomic E-state index is 10.3. The Balaban J connectivity index is 4.30. The van der Waals surface area contributed by atoms with Crippen LogP contribution in [-0.4, -0.2) is 29.8 Å². The zero-order valence-corrected chi connectivity index (χ0v) is 9.47. The molecule has 0 unspecified atom stereocenters. The molecular weight excluding hydrogens is 224 g/mol. The number of hydrogen-bond acceptors (Lipinski definition) is 5. The van der Waals surface area contributed by atoms with E-state index < -0.39 is 12.5 Å². The number of rotatable bonds is 6. The first-order chi connectivity index (χ1) is 8.13. The molecule has 0 heterocycles. The van der Waals surface area contributed by atoms with E-state index in [0.29, 0.717) is 5.82 Å². The van der Waals surface area contributed by atoms with E-state index in [0.717, 1.165) is 0 Å². The maximum Gasteiger partial charge on any atom is 0.325 e. The van der Waals surface area contributed by atoms with Crippen molar-refractivity contribution >= 4 is 18.1 Å². The van der Waals surface area contributed by atoms with Crippen LogP contribution < -0.4 is 22.1 Å². The minimum Gasteiger partial charge on any atom is -0.480 e. The van der Waals surface area contributed by atoms with Crippen molar-refractivity contribution in [3.05, 3.63) is 24.6 Å². The summed E-state index contributed by atoms with van der Waals surface area (Å²) in [5, 5.41) is 8.43. The van der Waals surface area contributed by atoms with Crippen molar-refractivity contribution in [2.75, 3.05) is 6.54 Å². The summed E-state index contributed by atoms with van der Waals surface area (Å²) < 4.78 is 0. The Kier molecular flexibility index (Phi) is 7.69. The number of allylic oxidation sites excluding steroid dienone is 2. The van der Waals surface area contributed by atoms with Gasteiger partial charge in [0.2, 0.25) is 5.96 Å². The van der Waals surface area contributed by atoms with Gasteiger partial charge in [-0.1, -0.05) is 12.7 Å². The summed E-state index contributed by atoms with van der Waals surface area (Å²) in [4.78, 5) is 17.9. The molecule has 0 amide bonds. The minimum absolute atomic E-state index is 0.0838. The van der Waals surface area contributed by atoms with Crippen LogP contribution in [0.15, 0.2) is 34.5 Å². The molecule has 0 aromatic rings. The lowest BCUT2D eigenvalue weighted by Gasteiger charge is -2.10. The zero-order chi connectivity index (χ0) is 13.1. The lowest BCUT2D eigenvalue weighted by molar-refractivity contribution is -0.135. The lowest BCUT2D eigenvalue weighted by atomic mass is 10.6. The van der Waals surface area contributed by atoms with Crippen LogP contribution in [0.25, 0.3) is 0 Å². The molecule has 0 saturated heterocycles. The van der Waals surface area contributed by atoms with E-state index in [4.69, 9.17) is 10.9 Å². The molecule has 0 spiro atoms. The molecule has 6 N–H and O–H groups in total. The Morgan fingerprint density at radius 2 is 2.24 bits per heavy atom. The van der Waals surface area contributed by atoms with Crippen molar-refractivity contribution in [3.63, 3.8) is 0 Å². The molecule has 0 bridgehead atoms. The highest BCUT2D eigenvalue weighted by molar-refractivity contribution is 5.81. The molecule has 8 nitrogen and oxygen atoms in total. The number of guanidine groups is 1. The third kappa shape index (κ3) is 7.56. The van der Waals surface area contributed by atoms with Crippen molar-refractivity contribution in [1.82, 2.24) is 16.3 Å². The van der Waals surface area contributed by atoms with Gasteiger partial charge in [-0.05, 0) is 13.0 Å². The van der Waals surface area contributed by atoms with E-state index in [1.807, 2.05) is 0 Å². The van der Waals surface area contributed by atoms with E-state index in [9.17, 15) is 4.79 Å². The normalized spacial score (nSPS) is 12.4. The lowest BCUT2D eigenvalue weighted by Crippen LogP contribution is -2.47. The van der Waals surface area contributed by atoms with Gasteiger partial charge < -0.3 is 5.11 Å². The highest BCUT2D eigenvalue weighted by Gasteiger charge is 1.98. The Labute approximate surface area is 99.0 Å². The fourth-order valence-corrected chi connectivity index (χ4v) is 0.703. The molecule has 17 heavy (non-hydrogen) atoms. The SMILES string of the molecule is C=CC=N/C(=C\C)NNC(=NCC(=O)O)NN. The van der Waals surface area contributed by atoms with Gasteiger partial charge in [-0.3, -0.25) is 21.1 Å². The molecule has 0 aromatic carbocycles. The van der Waals surface area contributed by atoms with Gasteiger partial charge in [0.1, 0.15) is 12.4 Å². The Morgan fingerprint density at radius 3 is 2.71 bits per heavy atom. The first kappa shape index (κ1) is 14.6. The molecule has 0 aromatic heterocycles. The standard InChI is InChI=1S/C9H16N6O2/c1-3-5-11-7(4-2)14-15-9(13-10)12-6-8(16)17/h3-5,14H,1,6,10H2,2H3,(H,16,17)(H2,12,13,15)/b7-4+,11-5?. The number of hydrogen-bond donors (Lipinski definition) is 5. The summed E-state index contributed by atoms with van der Waals surface area (Å²) in [6.45, 7) is 4.86. The summed E-state index contributed by atoms with van der Waals surface area (Å²) in [5.74, 6) is 4.66. The molecule has 94 valence electrons. The number of nitrogens with two attached hydrogens (primary N) is 1. The van der Waals surface area contributed by atoms with Crippen molar-refractivity contribution in [2.45, 2.75) is 6.92 Å². The number of carbonyl (C=O) groups is 1. The van der Waals surface area contributed by atoms with Crippen molar-refractivity contribution in [1.29, 1.82) is 0 Å². The van der Waals surface area contributed by atoms with E-state index in [1.54, 1.807) is 13.0 Å². The molecule has 0 rings (SSSR count). The van der Waals surface area contributed by atoms with Crippen LogP contribution in [0, 0.1) is 0 Å². The first-order valence-corrected chi connectivity index (χ1v) is 4.70. The first-order valence-electron chi connectivity index (χ1n) is 4.70. The molecule has 0 aliphatic rings. The quantitative estimate of drug-likeness (QED) is 0.177. The third-order valence-corrected chi connectivity index (χ3v) is 1.41. The van der Waals surface area contributed by atoms with Gasteiger partial charge in [-0.25, -0.2) is 15.8 Å². The van der Waals surface area contributed by atoms with Crippen molar-refractivity contribution in [3.8, 4) is 0 Å². The average molecular weight is 240 g/mol. The molecule has 8 heteroatoms. The van der Waals surface area contributed by atoms with Gasteiger partial charge in [0.25, 0.3) is 0 Å². The number of carboxylic acids is 1. The van der Waals surface area contributed by atoms with E-state index in [1.165, 1.54) is 12.3 Å². The highest BCUT2D eigenvalue weighted by atomic mass is 16.4. The Hall–Kier alpha value is -2.35. The molecular formula is C9H16N6O2. The van der Waals surface area contributed by atoms with Crippen molar-refractivity contribution < 1.29 is 9.90 Å². The summed E-state index contributed by atoms with van der Waals surface area (Å²) in [5.41, 5.74) is 7.45. The Morgan fingerprint density at radius 1 is 1.53 bits per heavy atom. The average Bonchev–Trinajstić information content (AvgIpc) is 2.32. The van der Waals surface area contributed by atoms with Gasteiger partial charge in [0, 0.05) is 6.21 Å². The zero-order valence-electron chi connectivity index (χ0n) is 9.47. The van der Waals surface area contributed by atoms with E-state index >= 15 is 0 Å². The molecule has 0 saturated carbocycles. The fourth-order valence-electron chi connectivity index (χ4n) is 0.703. The smallest absolute Gasteiger partial charge is 0.325 e. The van der Waals surface area contributed by atoms with Crippen LogP contribution in [0.4, 0.5) is 0 Å². The molecule has 0 aliphatic carbocycles. The summed E-state index contributed by atoms with van der Waals surface area (Å²) in [6.07, 6.45) is 4.71. The topological polar surface area (TPSA) is 124 Å². The molecule has 0 atom stereocenters. The highest BCUT2D eigenvalue weighted by Crippen LogP contribution is 1.87. The van der Waals surface area contributed by atoms with Gasteiger partial charge >= 0.3 is 5.97 Å². The van der Waals surface area contributed by atoms with Crippen LogP contribution in [0.5, 0.6) is 0 Å². The third-order valence-electron chi connectivity index (χ3n) is 1.41.